The number of halogens is 3. The SMILES string of the molecule is O=C(Nc1ccc2[nH+]c(-c3cscn3)[nH]c2c1)C1(c2ccccc2)CC1.O=C([O-])C(F)(F)F. The zero-order chi connectivity index (χ0) is 23.6. The maximum absolute atomic E-state index is 12.9. The zero-order valence-corrected chi connectivity index (χ0v) is 17.7. The van der Waals surface area contributed by atoms with Crippen LogP contribution in [0.5, 0.6) is 0 Å². The van der Waals surface area contributed by atoms with Crippen LogP contribution in [0.1, 0.15) is 18.4 Å². The molecule has 7 nitrogen and oxygen atoms in total. The molecule has 0 radical (unpaired) electrons. The number of carbonyl (C=O) groups is 2. The normalized spacial score (nSPS) is 14.3. The summed E-state index contributed by atoms with van der Waals surface area (Å²) in [5, 5.41) is 13.9. The fourth-order valence-electron chi connectivity index (χ4n) is 3.38. The molecule has 2 heterocycles. The van der Waals surface area contributed by atoms with Crippen molar-refractivity contribution in [2.24, 2.45) is 0 Å². The van der Waals surface area contributed by atoms with Crippen LogP contribution in [0.4, 0.5) is 18.9 Å². The van der Waals surface area contributed by atoms with Crippen molar-refractivity contribution in [2.75, 3.05) is 5.32 Å². The minimum atomic E-state index is -5.19. The number of nitrogens with one attached hydrogen (secondary N) is 3. The van der Waals surface area contributed by atoms with Crippen molar-refractivity contribution >= 4 is 39.9 Å². The number of benzene rings is 2. The maximum atomic E-state index is 12.9. The Bertz CT molecular complexity index is 1280. The van der Waals surface area contributed by atoms with E-state index in [9.17, 15) is 18.0 Å². The van der Waals surface area contributed by atoms with E-state index in [4.69, 9.17) is 9.90 Å². The van der Waals surface area contributed by atoms with Crippen LogP contribution in [0, 0.1) is 0 Å². The lowest BCUT2D eigenvalue weighted by Crippen LogP contribution is -2.37. The lowest BCUT2D eigenvalue weighted by atomic mass is 9.95. The Kier molecular flexibility index (Phi) is 5.90. The van der Waals surface area contributed by atoms with Crippen molar-refractivity contribution in [1.82, 2.24) is 9.97 Å². The lowest BCUT2D eigenvalue weighted by molar-refractivity contribution is -0.344. The predicted octanol–water partition coefficient (Wildman–Crippen LogP) is 3.07. The molecule has 0 aliphatic heterocycles. The first-order chi connectivity index (χ1) is 15.7. The van der Waals surface area contributed by atoms with E-state index in [-0.39, 0.29) is 11.3 Å². The number of nitrogens with zero attached hydrogens (tertiary/aromatic N) is 1. The number of hydrogen-bond acceptors (Lipinski definition) is 5. The topological polar surface area (TPSA) is 112 Å². The van der Waals surface area contributed by atoms with Gasteiger partial charge in [-0.25, -0.2) is 15.0 Å². The smallest absolute Gasteiger partial charge is 0.430 e. The van der Waals surface area contributed by atoms with Crippen molar-refractivity contribution in [3.63, 3.8) is 0 Å². The van der Waals surface area contributed by atoms with E-state index < -0.39 is 12.1 Å². The third kappa shape index (κ3) is 4.87. The molecule has 170 valence electrons. The van der Waals surface area contributed by atoms with E-state index in [2.05, 4.69) is 20.3 Å². The highest BCUT2D eigenvalue weighted by atomic mass is 32.1. The number of H-pyrrole nitrogens is 2. The van der Waals surface area contributed by atoms with Gasteiger partial charge in [0, 0.05) is 17.1 Å². The van der Waals surface area contributed by atoms with Crippen LogP contribution in [0.25, 0.3) is 22.6 Å². The summed E-state index contributed by atoms with van der Waals surface area (Å²) in [7, 11) is 0. The molecule has 1 fully saturated rings. The van der Waals surface area contributed by atoms with Gasteiger partial charge in [0.25, 0.3) is 0 Å². The molecule has 1 amide bonds. The quantitative estimate of drug-likeness (QED) is 0.473. The Labute approximate surface area is 189 Å². The fourth-order valence-corrected chi connectivity index (χ4v) is 3.92. The molecule has 33 heavy (non-hydrogen) atoms. The summed E-state index contributed by atoms with van der Waals surface area (Å²) in [4.78, 5) is 32.6. The highest BCUT2D eigenvalue weighted by Crippen LogP contribution is 2.48. The lowest BCUT2D eigenvalue weighted by Gasteiger charge is -2.15. The number of aliphatic carboxylic acids is 1. The van der Waals surface area contributed by atoms with Crippen molar-refractivity contribution in [2.45, 2.75) is 24.4 Å². The number of aromatic nitrogens is 3. The average molecular weight is 474 g/mol. The number of imidazole rings is 1. The van der Waals surface area contributed by atoms with Gasteiger partial charge >= 0.3 is 12.0 Å². The summed E-state index contributed by atoms with van der Waals surface area (Å²) in [5.74, 6) is -2.07. The number of hydrogen-bond donors (Lipinski definition) is 2. The molecule has 1 aliphatic rings. The first-order valence-electron chi connectivity index (χ1n) is 9.78. The average Bonchev–Trinajstić information content (AvgIpc) is 3.21. The number of fused-ring (bicyclic) bond motifs is 1. The second kappa shape index (κ2) is 8.66. The predicted molar refractivity (Wildman–Crippen MR) is 113 cm³/mol. The summed E-state index contributed by atoms with van der Waals surface area (Å²) in [6.07, 6.45) is -3.40. The van der Waals surface area contributed by atoms with Gasteiger partial charge < -0.3 is 15.2 Å². The summed E-state index contributed by atoms with van der Waals surface area (Å²) in [6, 6.07) is 15.9. The zero-order valence-electron chi connectivity index (χ0n) is 16.9. The van der Waals surface area contributed by atoms with E-state index in [1.165, 1.54) is 0 Å². The van der Waals surface area contributed by atoms with Gasteiger partial charge in [0.1, 0.15) is 5.97 Å². The molecule has 0 bridgehead atoms. The van der Waals surface area contributed by atoms with E-state index in [1.807, 2.05) is 53.9 Å². The van der Waals surface area contributed by atoms with Gasteiger partial charge in [-0.15, -0.1) is 11.3 Å². The largest absolute Gasteiger partial charge is 0.542 e. The van der Waals surface area contributed by atoms with Gasteiger partial charge in [0.05, 0.1) is 10.9 Å². The number of carboxylic acid groups (broad SMARTS) is 1. The Morgan fingerprint density at radius 2 is 1.85 bits per heavy atom. The number of alkyl halides is 3. The molecule has 0 saturated heterocycles. The van der Waals surface area contributed by atoms with E-state index in [0.29, 0.717) is 0 Å². The van der Waals surface area contributed by atoms with Crippen molar-refractivity contribution in [3.05, 3.63) is 65.0 Å². The first-order valence-corrected chi connectivity index (χ1v) is 10.7. The minimum Gasteiger partial charge on any atom is -0.542 e. The molecular weight excluding hydrogens is 457 g/mol. The van der Waals surface area contributed by atoms with E-state index in [0.717, 1.165) is 46.6 Å². The van der Waals surface area contributed by atoms with Crippen LogP contribution in [-0.2, 0) is 15.0 Å². The Morgan fingerprint density at radius 1 is 1.15 bits per heavy atom. The molecule has 0 unspecified atom stereocenters. The number of amides is 1. The number of anilines is 1. The number of carbonyl (C=O) groups excluding carboxylic acids is 2. The van der Waals surface area contributed by atoms with Crippen LogP contribution in [0.3, 0.4) is 0 Å². The van der Waals surface area contributed by atoms with Crippen molar-refractivity contribution < 1.29 is 32.9 Å². The van der Waals surface area contributed by atoms with Gasteiger partial charge in [-0.1, -0.05) is 30.3 Å². The van der Waals surface area contributed by atoms with Gasteiger partial charge in [-0.3, -0.25) is 4.79 Å². The summed E-state index contributed by atoms with van der Waals surface area (Å²) in [6.45, 7) is 0. The maximum Gasteiger partial charge on any atom is 0.430 e. The van der Waals surface area contributed by atoms with Crippen molar-refractivity contribution in [3.8, 4) is 11.5 Å². The number of rotatable bonds is 4. The second-order valence-corrected chi connectivity index (χ2v) is 8.17. The van der Waals surface area contributed by atoms with Crippen LogP contribution in [0.15, 0.2) is 59.4 Å². The van der Waals surface area contributed by atoms with Crippen LogP contribution in [0.2, 0.25) is 0 Å². The van der Waals surface area contributed by atoms with E-state index in [1.54, 1.807) is 16.8 Å². The molecule has 3 N–H and O–H groups in total. The number of carboxylic acids is 1. The van der Waals surface area contributed by atoms with Gasteiger partial charge in [-0.05, 0) is 30.5 Å². The Morgan fingerprint density at radius 3 is 2.42 bits per heavy atom. The van der Waals surface area contributed by atoms with Crippen LogP contribution < -0.4 is 15.4 Å². The standard InChI is InChI=1S/C20H16N4OS.C2HF3O2/c25-19(20(8-9-20)13-4-2-1-3-5-13)22-14-6-7-15-16(10-14)24-18(23-15)17-11-26-12-21-17;3-2(4,5)1(6)7/h1-7,10-12H,8-9H2,(H,22,25)(H,23,24);(H,6,7). The van der Waals surface area contributed by atoms with Gasteiger partial charge in [-0.2, -0.15) is 13.2 Å². The number of thiazole rings is 1. The molecule has 2 aromatic carbocycles. The molecule has 1 saturated carbocycles. The van der Waals surface area contributed by atoms with Crippen LogP contribution >= 0.6 is 11.3 Å². The fraction of sp³-hybridized carbons (Fsp3) is 0.182. The number of aromatic amines is 2. The molecule has 5 rings (SSSR count). The first kappa shape index (κ1) is 22.5. The van der Waals surface area contributed by atoms with Gasteiger partial charge in [0.2, 0.25) is 5.91 Å². The molecule has 0 atom stereocenters. The highest BCUT2D eigenvalue weighted by molar-refractivity contribution is 7.07. The molecular formula is C22H17F3N4O3S. The molecule has 11 heteroatoms. The third-order valence-corrected chi connectivity index (χ3v) is 5.81. The van der Waals surface area contributed by atoms with Gasteiger partial charge in [0.15, 0.2) is 16.7 Å². The van der Waals surface area contributed by atoms with E-state index >= 15 is 0 Å². The minimum absolute atomic E-state index is 0.0679. The Hall–Kier alpha value is -3.73. The molecule has 4 aromatic rings. The summed E-state index contributed by atoms with van der Waals surface area (Å²) in [5.41, 5.74) is 6.13. The molecule has 0 spiro atoms. The third-order valence-electron chi connectivity index (χ3n) is 5.23. The molecule has 2 aromatic heterocycles. The molecule has 1 aliphatic carbocycles. The van der Waals surface area contributed by atoms with Crippen molar-refractivity contribution in [1.29, 1.82) is 0 Å². The monoisotopic (exact) mass is 474 g/mol. The summed E-state index contributed by atoms with van der Waals surface area (Å²) >= 11 is 1.56. The highest BCUT2D eigenvalue weighted by Gasteiger charge is 2.51. The van der Waals surface area contributed by atoms with Crippen LogP contribution in [-0.4, -0.2) is 28.0 Å². The summed E-state index contributed by atoms with van der Waals surface area (Å²) < 4.78 is 31.5. The Balaban J connectivity index is 0.000000325. The second-order valence-electron chi connectivity index (χ2n) is 7.45.